The molecular formula is C19H23F2N3O2S. The third-order valence-corrected chi connectivity index (χ3v) is 5.85. The topological polar surface area (TPSA) is 70.6 Å². The summed E-state index contributed by atoms with van der Waals surface area (Å²) in [6.07, 6.45) is 0. The van der Waals surface area contributed by atoms with Crippen LogP contribution in [0.5, 0.6) is 0 Å². The van der Waals surface area contributed by atoms with Crippen LogP contribution in [-0.2, 0) is 9.84 Å². The summed E-state index contributed by atoms with van der Waals surface area (Å²) < 4.78 is 51.9. The van der Waals surface area contributed by atoms with Crippen molar-refractivity contribution in [3.63, 3.8) is 0 Å². The van der Waals surface area contributed by atoms with Crippen molar-refractivity contribution in [3.8, 4) is 0 Å². The molecule has 0 saturated carbocycles. The Labute approximate surface area is 158 Å². The van der Waals surface area contributed by atoms with Gasteiger partial charge < -0.3 is 10.6 Å². The molecule has 1 unspecified atom stereocenters. The van der Waals surface area contributed by atoms with Gasteiger partial charge in [0.25, 0.3) is 0 Å². The molecular weight excluding hydrogens is 372 g/mol. The van der Waals surface area contributed by atoms with E-state index in [-0.39, 0.29) is 29.1 Å². The highest BCUT2D eigenvalue weighted by molar-refractivity contribution is 7.91. The van der Waals surface area contributed by atoms with E-state index in [2.05, 4.69) is 15.6 Å². The minimum Gasteiger partial charge on any atom is -0.355 e. The van der Waals surface area contributed by atoms with E-state index < -0.39 is 15.7 Å². The second kappa shape index (κ2) is 8.94. The van der Waals surface area contributed by atoms with Crippen molar-refractivity contribution in [3.05, 3.63) is 65.2 Å². The van der Waals surface area contributed by atoms with Crippen LogP contribution in [0.3, 0.4) is 0 Å². The van der Waals surface area contributed by atoms with Crippen molar-refractivity contribution in [2.45, 2.75) is 24.8 Å². The van der Waals surface area contributed by atoms with Gasteiger partial charge in [-0.2, -0.15) is 0 Å². The van der Waals surface area contributed by atoms with Crippen molar-refractivity contribution in [2.75, 3.05) is 19.3 Å². The van der Waals surface area contributed by atoms with E-state index in [1.54, 1.807) is 20.0 Å². The van der Waals surface area contributed by atoms with Gasteiger partial charge in [0.2, 0.25) is 0 Å². The predicted molar refractivity (Wildman–Crippen MR) is 103 cm³/mol. The molecule has 0 fully saturated rings. The molecule has 1 atom stereocenters. The quantitative estimate of drug-likeness (QED) is 0.583. The molecule has 146 valence electrons. The Morgan fingerprint density at radius 3 is 2.48 bits per heavy atom. The lowest BCUT2D eigenvalue weighted by Crippen LogP contribution is -2.40. The van der Waals surface area contributed by atoms with Gasteiger partial charge in [-0.15, -0.1) is 0 Å². The molecule has 0 bridgehead atoms. The van der Waals surface area contributed by atoms with E-state index in [1.807, 2.05) is 13.0 Å². The summed E-state index contributed by atoms with van der Waals surface area (Å²) in [7, 11) is -2.21. The first-order valence-electron chi connectivity index (χ1n) is 8.45. The summed E-state index contributed by atoms with van der Waals surface area (Å²) in [6.45, 7) is 3.58. The Kier molecular flexibility index (Phi) is 6.90. The highest BCUT2D eigenvalue weighted by atomic mass is 32.2. The zero-order valence-corrected chi connectivity index (χ0v) is 16.3. The van der Waals surface area contributed by atoms with Crippen LogP contribution < -0.4 is 10.6 Å². The molecule has 5 nitrogen and oxygen atoms in total. The van der Waals surface area contributed by atoms with Crippen LogP contribution in [0.2, 0.25) is 0 Å². The standard InChI is InChI=1S/C19H23F2N3O2S/c1-13-8-9-15(12-17(13)21)14(2)24-19(22-3)23-10-11-27(25,26)18-7-5-4-6-16(18)20/h4-9,12,14H,10-11H2,1-3H3,(H2,22,23,24). The Bertz CT molecular complexity index is 930. The van der Waals surface area contributed by atoms with E-state index in [0.29, 0.717) is 11.5 Å². The number of halogens is 2. The monoisotopic (exact) mass is 395 g/mol. The zero-order valence-electron chi connectivity index (χ0n) is 15.5. The van der Waals surface area contributed by atoms with Gasteiger partial charge in [0.15, 0.2) is 15.8 Å². The van der Waals surface area contributed by atoms with Gasteiger partial charge in [0, 0.05) is 13.6 Å². The summed E-state index contributed by atoms with van der Waals surface area (Å²) >= 11 is 0. The van der Waals surface area contributed by atoms with Crippen molar-refractivity contribution < 1.29 is 17.2 Å². The smallest absolute Gasteiger partial charge is 0.191 e. The van der Waals surface area contributed by atoms with Crippen LogP contribution in [-0.4, -0.2) is 33.7 Å². The fourth-order valence-corrected chi connectivity index (χ4v) is 3.71. The first kappa shape index (κ1) is 20.8. The fraction of sp³-hybridized carbons (Fsp3) is 0.316. The van der Waals surface area contributed by atoms with Crippen molar-refractivity contribution in [2.24, 2.45) is 4.99 Å². The molecule has 2 rings (SSSR count). The number of benzene rings is 2. The van der Waals surface area contributed by atoms with E-state index in [4.69, 9.17) is 0 Å². The molecule has 0 heterocycles. The number of hydrogen-bond donors (Lipinski definition) is 2. The molecule has 27 heavy (non-hydrogen) atoms. The lowest BCUT2D eigenvalue weighted by Gasteiger charge is -2.18. The van der Waals surface area contributed by atoms with Crippen molar-refractivity contribution >= 4 is 15.8 Å². The van der Waals surface area contributed by atoms with Crippen LogP contribution in [0, 0.1) is 18.6 Å². The first-order chi connectivity index (χ1) is 12.7. The average molecular weight is 395 g/mol. The SMILES string of the molecule is CN=C(NCCS(=O)(=O)c1ccccc1F)NC(C)c1ccc(C)c(F)c1. The van der Waals surface area contributed by atoms with E-state index >= 15 is 0 Å². The van der Waals surface area contributed by atoms with E-state index in [1.165, 1.54) is 24.3 Å². The van der Waals surface area contributed by atoms with Gasteiger partial charge in [0.05, 0.1) is 11.8 Å². The van der Waals surface area contributed by atoms with Gasteiger partial charge in [-0.05, 0) is 43.2 Å². The maximum absolute atomic E-state index is 13.7. The molecule has 0 amide bonds. The van der Waals surface area contributed by atoms with Gasteiger partial charge >= 0.3 is 0 Å². The van der Waals surface area contributed by atoms with Crippen molar-refractivity contribution in [1.82, 2.24) is 10.6 Å². The van der Waals surface area contributed by atoms with Gasteiger partial charge in [-0.25, -0.2) is 17.2 Å². The molecule has 0 aliphatic carbocycles. The Balaban J connectivity index is 1.95. The third-order valence-electron chi connectivity index (χ3n) is 4.11. The first-order valence-corrected chi connectivity index (χ1v) is 10.1. The average Bonchev–Trinajstić information content (AvgIpc) is 2.63. The number of sulfone groups is 1. The summed E-state index contributed by atoms with van der Waals surface area (Å²) in [5, 5.41) is 5.96. The molecule has 2 N–H and O–H groups in total. The Morgan fingerprint density at radius 1 is 1.15 bits per heavy atom. The molecule has 0 aromatic heterocycles. The second-order valence-electron chi connectivity index (χ2n) is 6.12. The van der Waals surface area contributed by atoms with Crippen LogP contribution in [0.25, 0.3) is 0 Å². The van der Waals surface area contributed by atoms with Crippen molar-refractivity contribution in [1.29, 1.82) is 0 Å². The number of guanidine groups is 1. The summed E-state index contributed by atoms with van der Waals surface area (Å²) in [4.78, 5) is 3.71. The van der Waals surface area contributed by atoms with Gasteiger partial charge in [0.1, 0.15) is 16.5 Å². The number of nitrogens with zero attached hydrogens (tertiary/aromatic N) is 1. The molecule has 0 aliphatic rings. The lowest BCUT2D eigenvalue weighted by molar-refractivity contribution is 0.566. The maximum Gasteiger partial charge on any atom is 0.191 e. The predicted octanol–water partition coefficient (Wildman–Crippen LogP) is 2.97. The zero-order chi connectivity index (χ0) is 20.0. The van der Waals surface area contributed by atoms with Crippen LogP contribution in [0.15, 0.2) is 52.4 Å². The molecule has 0 radical (unpaired) electrons. The van der Waals surface area contributed by atoms with Crippen LogP contribution in [0.1, 0.15) is 24.1 Å². The molecule has 2 aromatic carbocycles. The van der Waals surface area contributed by atoms with E-state index in [9.17, 15) is 17.2 Å². The summed E-state index contributed by atoms with van der Waals surface area (Å²) in [5.41, 5.74) is 1.30. The normalized spacial score (nSPS) is 13.3. The summed E-state index contributed by atoms with van der Waals surface area (Å²) in [6, 6.07) is 9.98. The lowest BCUT2D eigenvalue weighted by atomic mass is 10.1. The van der Waals surface area contributed by atoms with Gasteiger partial charge in [-0.1, -0.05) is 24.3 Å². The van der Waals surface area contributed by atoms with Crippen LogP contribution in [0.4, 0.5) is 8.78 Å². The summed E-state index contributed by atoms with van der Waals surface area (Å²) in [5.74, 6) is -0.982. The number of nitrogens with one attached hydrogen (secondary N) is 2. The second-order valence-corrected chi connectivity index (χ2v) is 8.20. The Morgan fingerprint density at radius 2 is 1.85 bits per heavy atom. The van der Waals surface area contributed by atoms with Crippen LogP contribution >= 0.6 is 0 Å². The Hall–Kier alpha value is -2.48. The number of aliphatic imine (C=N–C) groups is 1. The highest BCUT2D eigenvalue weighted by Crippen LogP contribution is 2.16. The largest absolute Gasteiger partial charge is 0.355 e. The number of aryl methyl sites for hydroxylation is 1. The molecule has 8 heteroatoms. The highest BCUT2D eigenvalue weighted by Gasteiger charge is 2.18. The molecule has 2 aromatic rings. The van der Waals surface area contributed by atoms with E-state index in [0.717, 1.165) is 11.6 Å². The fourth-order valence-electron chi connectivity index (χ4n) is 2.47. The molecule has 0 saturated heterocycles. The minimum atomic E-state index is -3.76. The maximum atomic E-state index is 13.7. The number of rotatable bonds is 6. The number of hydrogen-bond acceptors (Lipinski definition) is 3. The molecule has 0 spiro atoms. The van der Waals surface area contributed by atoms with Gasteiger partial charge in [-0.3, -0.25) is 4.99 Å². The molecule has 0 aliphatic heterocycles. The minimum absolute atomic E-state index is 0.0469. The third kappa shape index (κ3) is 5.50.